The van der Waals surface area contributed by atoms with Crippen molar-refractivity contribution < 1.29 is 14.3 Å². The Balaban J connectivity index is 2.14. The van der Waals surface area contributed by atoms with Crippen molar-refractivity contribution >= 4 is 5.97 Å². The van der Waals surface area contributed by atoms with E-state index in [4.69, 9.17) is 9.52 Å². The third-order valence-corrected chi connectivity index (χ3v) is 1.77. The van der Waals surface area contributed by atoms with Crippen molar-refractivity contribution in [3.63, 3.8) is 0 Å². The van der Waals surface area contributed by atoms with Crippen LogP contribution in [0.2, 0.25) is 0 Å². The van der Waals surface area contributed by atoms with Gasteiger partial charge in [0.1, 0.15) is 5.76 Å². The fraction of sp³-hybridized carbons (Fsp3) is 0.111. The van der Waals surface area contributed by atoms with Crippen LogP contribution in [0.3, 0.4) is 0 Å². The van der Waals surface area contributed by atoms with Crippen molar-refractivity contribution in [1.82, 2.24) is 9.55 Å². The maximum atomic E-state index is 10.5. The van der Waals surface area contributed by atoms with Gasteiger partial charge in [-0.3, -0.25) is 0 Å². The molecule has 0 unspecified atom stereocenters. The summed E-state index contributed by atoms with van der Waals surface area (Å²) < 4.78 is 6.87. The number of hydrogen-bond acceptors (Lipinski definition) is 3. The highest BCUT2D eigenvalue weighted by Gasteiger charge is 2.08. The van der Waals surface area contributed by atoms with E-state index in [9.17, 15) is 4.79 Å². The molecular formula is C9H8N2O3. The summed E-state index contributed by atoms with van der Waals surface area (Å²) in [5.41, 5.74) is 0. The van der Waals surface area contributed by atoms with Crippen LogP contribution in [-0.2, 0) is 6.54 Å². The molecule has 2 heterocycles. The normalized spacial score (nSPS) is 10.3. The molecule has 0 saturated carbocycles. The fourth-order valence-corrected chi connectivity index (χ4v) is 1.14. The predicted octanol–water partition coefficient (Wildman–Crippen LogP) is 1.22. The zero-order chi connectivity index (χ0) is 9.97. The molecule has 0 amide bonds. The minimum atomic E-state index is -1.05. The molecule has 2 aromatic rings. The van der Waals surface area contributed by atoms with Crippen LogP contribution in [-0.4, -0.2) is 20.6 Å². The molecule has 0 aliphatic heterocycles. The summed E-state index contributed by atoms with van der Waals surface area (Å²) in [7, 11) is 0. The van der Waals surface area contributed by atoms with E-state index in [-0.39, 0.29) is 5.76 Å². The SMILES string of the molecule is O=C(O)c1ccc(Cn2ccnc2)o1. The van der Waals surface area contributed by atoms with Gasteiger partial charge in [0, 0.05) is 12.4 Å². The van der Waals surface area contributed by atoms with Gasteiger partial charge in [-0.2, -0.15) is 0 Å². The first-order chi connectivity index (χ1) is 6.75. The van der Waals surface area contributed by atoms with Crippen molar-refractivity contribution in [2.75, 3.05) is 0 Å². The van der Waals surface area contributed by atoms with Crippen molar-refractivity contribution in [3.05, 3.63) is 42.4 Å². The lowest BCUT2D eigenvalue weighted by Crippen LogP contribution is -1.95. The number of furan rings is 1. The van der Waals surface area contributed by atoms with Crippen LogP contribution < -0.4 is 0 Å². The Morgan fingerprint density at radius 2 is 2.43 bits per heavy atom. The fourth-order valence-electron chi connectivity index (χ4n) is 1.14. The summed E-state index contributed by atoms with van der Waals surface area (Å²) in [6, 6.07) is 3.08. The standard InChI is InChI=1S/C9H8N2O3/c12-9(13)8-2-1-7(14-8)5-11-4-3-10-6-11/h1-4,6H,5H2,(H,12,13). The molecule has 2 aromatic heterocycles. The van der Waals surface area contributed by atoms with Crippen molar-refractivity contribution in [2.45, 2.75) is 6.54 Å². The number of carboxylic acids is 1. The number of hydrogen-bond donors (Lipinski definition) is 1. The molecule has 5 heteroatoms. The second kappa shape index (κ2) is 3.37. The van der Waals surface area contributed by atoms with Crippen molar-refractivity contribution in [1.29, 1.82) is 0 Å². The number of rotatable bonds is 3. The average Bonchev–Trinajstić information content (AvgIpc) is 2.75. The molecule has 0 radical (unpaired) electrons. The Morgan fingerprint density at radius 1 is 1.57 bits per heavy atom. The van der Waals surface area contributed by atoms with Gasteiger partial charge in [-0.15, -0.1) is 0 Å². The topological polar surface area (TPSA) is 68.3 Å². The molecule has 0 aliphatic rings. The molecule has 0 aromatic carbocycles. The molecule has 1 N–H and O–H groups in total. The van der Waals surface area contributed by atoms with Gasteiger partial charge in [0.2, 0.25) is 5.76 Å². The smallest absolute Gasteiger partial charge is 0.371 e. The number of nitrogens with zero attached hydrogens (tertiary/aromatic N) is 2. The minimum absolute atomic E-state index is 0.0416. The average molecular weight is 192 g/mol. The molecule has 14 heavy (non-hydrogen) atoms. The van der Waals surface area contributed by atoms with Crippen LogP contribution in [0.4, 0.5) is 0 Å². The molecule has 0 spiro atoms. The van der Waals surface area contributed by atoms with Gasteiger partial charge in [-0.1, -0.05) is 0 Å². The quantitative estimate of drug-likeness (QED) is 0.793. The van der Waals surface area contributed by atoms with Crippen LogP contribution in [0.25, 0.3) is 0 Å². The molecular weight excluding hydrogens is 184 g/mol. The Bertz CT molecular complexity index is 431. The Kier molecular flexibility index (Phi) is 2.06. The van der Waals surface area contributed by atoms with Gasteiger partial charge < -0.3 is 14.1 Å². The molecule has 0 bridgehead atoms. The van der Waals surface area contributed by atoms with E-state index < -0.39 is 5.97 Å². The van der Waals surface area contributed by atoms with E-state index in [1.54, 1.807) is 29.4 Å². The van der Waals surface area contributed by atoms with Gasteiger partial charge >= 0.3 is 5.97 Å². The summed E-state index contributed by atoms with van der Waals surface area (Å²) in [5, 5.41) is 8.61. The van der Waals surface area contributed by atoms with Crippen LogP contribution >= 0.6 is 0 Å². The Labute approximate surface area is 79.6 Å². The molecule has 0 atom stereocenters. The summed E-state index contributed by atoms with van der Waals surface area (Å²) in [6.07, 6.45) is 5.08. The predicted molar refractivity (Wildman–Crippen MR) is 47.0 cm³/mol. The zero-order valence-corrected chi connectivity index (χ0v) is 7.25. The largest absolute Gasteiger partial charge is 0.475 e. The molecule has 5 nitrogen and oxygen atoms in total. The van der Waals surface area contributed by atoms with Crippen LogP contribution in [0, 0.1) is 0 Å². The van der Waals surface area contributed by atoms with Gasteiger partial charge in [0.15, 0.2) is 0 Å². The third-order valence-electron chi connectivity index (χ3n) is 1.77. The first-order valence-electron chi connectivity index (χ1n) is 4.03. The van der Waals surface area contributed by atoms with Crippen LogP contribution in [0.5, 0.6) is 0 Å². The maximum Gasteiger partial charge on any atom is 0.371 e. The highest BCUT2D eigenvalue weighted by Crippen LogP contribution is 2.09. The lowest BCUT2D eigenvalue weighted by molar-refractivity contribution is 0.0660. The minimum Gasteiger partial charge on any atom is -0.475 e. The lowest BCUT2D eigenvalue weighted by Gasteiger charge is -1.96. The second-order valence-corrected chi connectivity index (χ2v) is 2.81. The van der Waals surface area contributed by atoms with E-state index in [0.29, 0.717) is 12.3 Å². The van der Waals surface area contributed by atoms with E-state index >= 15 is 0 Å². The first kappa shape index (κ1) is 8.55. The van der Waals surface area contributed by atoms with Crippen LogP contribution in [0.1, 0.15) is 16.3 Å². The summed E-state index contributed by atoms with van der Waals surface area (Å²) in [5.74, 6) is -0.498. The lowest BCUT2D eigenvalue weighted by atomic mass is 10.4. The summed E-state index contributed by atoms with van der Waals surface area (Å²) in [6.45, 7) is 0.493. The maximum absolute atomic E-state index is 10.5. The monoisotopic (exact) mass is 192 g/mol. The van der Waals surface area contributed by atoms with E-state index in [1.165, 1.54) is 6.07 Å². The molecule has 2 rings (SSSR count). The van der Waals surface area contributed by atoms with E-state index in [0.717, 1.165) is 0 Å². The van der Waals surface area contributed by atoms with Gasteiger partial charge in [-0.25, -0.2) is 9.78 Å². The Hall–Kier alpha value is -2.04. The van der Waals surface area contributed by atoms with Crippen molar-refractivity contribution in [2.24, 2.45) is 0 Å². The van der Waals surface area contributed by atoms with Gasteiger partial charge in [0.25, 0.3) is 0 Å². The molecule has 72 valence electrons. The summed E-state index contributed by atoms with van der Waals surface area (Å²) in [4.78, 5) is 14.4. The number of carboxylic acid groups (broad SMARTS) is 1. The highest BCUT2D eigenvalue weighted by atomic mass is 16.4. The number of aromatic carboxylic acids is 1. The first-order valence-corrected chi connectivity index (χ1v) is 4.03. The van der Waals surface area contributed by atoms with Crippen LogP contribution in [0.15, 0.2) is 35.3 Å². The van der Waals surface area contributed by atoms with Gasteiger partial charge in [-0.05, 0) is 12.1 Å². The van der Waals surface area contributed by atoms with Crippen molar-refractivity contribution in [3.8, 4) is 0 Å². The second-order valence-electron chi connectivity index (χ2n) is 2.81. The number of aromatic nitrogens is 2. The number of imidazole rings is 1. The summed E-state index contributed by atoms with van der Waals surface area (Å²) >= 11 is 0. The van der Waals surface area contributed by atoms with Gasteiger partial charge in [0.05, 0.1) is 12.9 Å². The van der Waals surface area contributed by atoms with E-state index in [2.05, 4.69) is 4.98 Å². The molecule has 0 saturated heterocycles. The zero-order valence-electron chi connectivity index (χ0n) is 7.25. The Morgan fingerprint density at radius 3 is 3.00 bits per heavy atom. The molecule has 0 aliphatic carbocycles. The number of carbonyl (C=O) groups is 1. The highest BCUT2D eigenvalue weighted by molar-refractivity contribution is 5.84. The molecule has 0 fully saturated rings. The van der Waals surface area contributed by atoms with E-state index in [1.807, 2.05) is 0 Å². The third kappa shape index (κ3) is 1.66.